The molecular weight excluding hydrogens is 220 g/mol. The third-order valence-electron chi connectivity index (χ3n) is 3.08. The largest absolute Gasteiger partial charge is 0.325 e. The van der Waals surface area contributed by atoms with Crippen LogP contribution in [0.1, 0.15) is 17.6 Å². The fourth-order valence-electron chi connectivity index (χ4n) is 1.97. The van der Waals surface area contributed by atoms with Crippen LogP contribution in [-0.4, -0.2) is 47.5 Å². The van der Waals surface area contributed by atoms with Crippen LogP contribution >= 0.6 is 11.3 Å². The predicted octanol–water partition coefficient (Wildman–Crippen LogP) is 0.739. The Morgan fingerprint density at radius 1 is 1.31 bits per heavy atom. The zero-order valence-corrected chi connectivity index (χ0v) is 10.7. The van der Waals surface area contributed by atoms with Gasteiger partial charge in [-0.05, 0) is 6.54 Å². The van der Waals surface area contributed by atoms with Crippen LogP contribution in [0.5, 0.6) is 0 Å². The summed E-state index contributed by atoms with van der Waals surface area (Å²) in [5, 5.41) is 3.27. The molecule has 16 heavy (non-hydrogen) atoms. The Morgan fingerprint density at radius 2 is 2.00 bits per heavy atom. The third-order valence-corrected chi connectivity index (χ3v) is 3.96. The van der Waals surface area contributed by atoms with Gasteiger partial charge in [0.2, 0.25) is 0 Å². The zero-order chi connectivity index (χ0) is 11.4. The van der Waals surface area contributed by atoms with Gasteiger partial charge in [-0.15, -0.1) is 11.3 Å². The molecule has 0 amide bonds. The summed E-state index contributed by atoms with van der Waals surface area (Å²) in [6.07, 6.45) is 0. The molecule has 0 aromatic carbocycles. The molecule has 2 N–H and O–H groups in total. The predicted molar refractivity (Wildman–Crippen MR) is 67.4 cm³/mol. The van der Waals surface area contributed by atoms with E-state index in [4.69, 9.17) is 5.73 Å². The van der Waals surface area contributed by atoms with Crippen molar-refractivity contribution in [2.45, 2.75) is 20.0 Å². The summed E-state index contributed by atoms with van der Waals surface area (Å²) in [5.74, 6) is 0. The second-order valence-electron chi connectivity index (χ2n) is 4.15. The summed E-state index contributed by atoms with van der Waals surface area (Å²) in [7, 11) is 0. The van der Waals surface area contributed by atoms with Gasteiger partial charge in [-0.25, -0.2) is 4.98 Å². The van der Waals surface area contributed by atoms with Crippen LogP contribution in [0, 0.1) is 0 Å². The molecule has 1 aliphatic rings. The van der Waals surface area contributed by atoms with Gasteiger partial charge >= 0.3 is 0 Å². The highest BCUT2D eigenvalue weighted by molar-refractivity contribution is 7.09. The van der Waals surface area contributed by atoms with Crippen molar-refractivity contribution in [2.75, 3.05) is 32.7 Å². The van der Waals surface area contributed by atoms with Gasteiger partial charge in [-0.3, -0.25) is 4.90 Å². The molecule has 90 valence electrons. The Bertz CT molecular complexity index is 318. The Hall–Kier alpha value is -0.490. The first-order chi connectivity index (χ1) is 7.81. The van der Waals surface area contributed by atoms with E-state index < -0.39 is 0 Å². The highest BCUT2D eigenvalue weighted by atomic mass is 32.1. The van der Waals surface area contributed by atoms with E-state index >= 15 is 0 Å². The van der Waals surface area contributed by atoms with E-state index in [0.29, 0.717) is 6.54 Å². The molecule has 0 atom stereocenters. The molecule has 0 radical (unpaired) electrons. The number of piperazine rings is 1. The molecule has 0 aliphatic carbocycles. The quantitative estimate of drug-likeness (QED) is 0.843. The molecule has 0 unspecified atom stereocenters. The van der Waals surface area contributed by atoms with Crippen LogP contribution in [0.3, 0.4) is 0 Å². The lowest BCUT2D eigenvalue weighted by molar-refractivity contribution is 0.132. The van der Waals surface area contributed by atoms with E-state index in [1.807, 2.05) is 0 Å². The number of hydrogen-bond donors (Lipinski definition) is 1. The van der Waals surface area contributed by atoms with Gasteiger partial charge in [0, 0.05) is 38.1 Å². The van der Waals surface area contributed by atoms with Crippen LogP contribution in [-0.2, 0) is 13.1 Å². The number of nitrogens with zero attached hydrogens (tertiary/aromatic N) is 3. The van der Waals surface area contributed by atoms with Gasteiger partial charge < -0.3 is 10.6 Å². The molecule has 5 heteroatoms. The summed E-state index contributed by atoms with van der Waals surface area (Å²) in [6.45, 7) is 9.63. The summed E-state index contributed by atoms with van der Waals surface area (Å²) in [5.41, 5.74) is 6.58. The molecule has 0 bridgehead atoms. The Kier molecular flexibility index (Phi) is 4.29. The minimum absolute atomic E-state index is 0.556. The van der Waals surface area contributed by atoms with E-state index in [-0.39, 0.29) is 0 Å². The summed E-state index contributed by atoms with van der Waals surface area (Å²) in [4.78, 5) is 9.47. The first-order valence-electron chi connectivity index (χ1n) is 5.90. The Labute approximate surface area is 101 Å². The number of nitrogens with two attached hydrogens (primary N) is 1. The number of aromatic nitrogens is 1. The summed E-state index contributed by atoms with van der Waals surface area (Å²) < 4.78 is 0. The molecule has 1 fully saturated rings. The number of rotatable bonds is 4. The smallest absolute Gasteiger partial charge is 0.107 e. The molecule has 1 saturated heterocycles. The highest BCUT2D eigenvalue weighted by Crippen LogP contribution is 2.13. The van der Waals surface area contributed by atoms with Crippen LogP contribution < -0.4 is 5.73 Å². The van der Waals surface area contributed by atoms with E-state index in [1.54, 1.807) is 11.3 Å². The highest BCUT2D eigenvalue weighted by Gasteiger charge is 2.16. The van der Waals surface area contributed by atoms with Crippen molar-refractivity contribution in [3.05, 3.63) is 16.1 Å². The van der Waals surface area contributed by atoms with Gasteiger partial charge in [0.05, 0.1) is 12.2 Å². The second kappa shape index (κ2) is 5.72. The van der Waals surface area contributed by atoms with Crippen molar-refractivity contribution in [3.63, 3.8) is 0 Å². The van der Waals surface area contributed by atoms with E-state index in [1.165, 1.54) is 24.6 Å². The SMILES string of the molecule is CCN1CCN(Cc2nc(CN)cs2)CC1. The molecule has 1 aliphatic heterocycles. The first kappa shape index (κ1) is 12.0. The topological polar surface area (TPSA) is 45.4 Å². The molecule has 2 heterocycles. The monoisotopic (exact) mass is 240 g/mol. The van der Waals surface area contributed by atoms with Crippen LogP contribution in [0.15, 0.2) is 5.38 Å². The summed E-state index contributed by atoms with van der Waals surface area (Å²) >= 11 is 1.73. The number of thiazole rings is 1. The average Bonchev–Trinajstić information content (AvgIpc) is 2.78. The number of likely N-dealkylation sites (N-methyl/N-ethyl adjacent to an activating group) is 1. The normalized spacial score (nSPS) is 19.1. The maximum Gasteiger partial charge on any atom is 0.107 e. The first-order valence-corrected chi connectivity index (χ1v) is 6.78. The van der Waals surface area contributed by atoms with Gasteiger partial charge in [-0.1, -0.05) is 6.92 Å². The van der Waals surface area contributed by atoms with Crippen molar-refractivity contribution in [3.8, 4) is 0 Å². The van der Waals surface area contributed by atoms with Gasteiger partial charge in [0.15, 0.2) is 0 Å². The van der Waals surface area contributed by atoms with Crippen LogP contribution in [0.4, 0.5) is 0 Å². The van der Waals surface area contributed by atoms with E-state index in [9.17, 15) is 0 Å². The molecule has 2 rings (SSSR count). The van der Waals surface area contributed by atoms with Gasteiger partial charge in [-0.2, -0.15) is 0 Å². The van der Waals surface area contributed by atoms with Crippen molar-refractivity contribution in [2.24, 2.45) is 5.73 Å². The second-order valence-corrected chi connectivity index (χ2v) is 5.09. The van der Waals surface area contributed by atoms with Crippen molar-refractivity contribution < 1.29 is 0 Å². The standard InChI is InChI=1S/C11H20N4S/c1-2-14-3-5-15(6-4-14)8-11-13-10(7-12)9-16-11/h9H,2-8,12H2,1H3. The van der Waals surface area contributed by atoms with Gasteiger partial charge in [0.25, 0.3) is 0 Å². The molecule has 0 saturated carbocycles. The van der Waals surface area contributed by atoms with Gasteiger partial charge in [0.1, 0.15) is 5.01 Å². The van der Waals surface area contributed by atoms with Crippen molar-refractivity contribution in [1.29, 1.82) is 0 Å². The summed E-state index contributed by atoms with van der Waals surface area (Å²) in [6, 6.07) is 0. The molecule has 0 spiro atoms. The maximum absolute atomic E-state index is 5.56. The van der Waals surface area contributed by atoms with Crippen molar-refractivity contribution in [1.82, 2.24) is 14.8 Å². The lowest BCUT2D eigenvalue weighted by atomic mass is 10.3. The van der Waals surface area contributed by atoms with Crippen LogP contribution in [0.2, 0.25) is 0 Å². The molecule has 1 aromatic heterocycles. The lowest BCUT2D eigenvalue weighted by Gasteiger charge is -2.33. The molecular formula is C11H20N4S. The van der Waals surface area contributed by atoms with Crippen LogP contribution in [0.25, 0.3) is 0 Å². The Morgan fingerprint density at radius 3 is 2.56 bits per heavy atom. The lowest BCUT2D eigenvalue weighted by Crippen LogP contribution is -2.45. The zero-order valence-electron chi connectivity index (χ0n) is 9.85. The number of hydrogen-bond acceptors (Lipinski definition) is 5. The Balaban J connectivity index is 1.82. The molecule has 4 nitrogen and oxygen atoms in total. The fraction of sp³-hybridized carbons (Fsp3) is 0.727. The fourth-order valence-corrected chi connectivity index (χ4v) is 2.82. The third kappa shape index (κ3) is 3.01. The van der Waals surface area contributed by atoms with Crippen molar-refractivity contribution >= 4 is 11.3 Å². The average molecular weight is 240 g/mol. The van der Waals surface area contributed by atoms with E-state index in [0.717, 1.165) is 25.3 Å². The minimum atomic E-state index is 0.556. The van der Waals surface area contributed by atoms with E-state index in [2.05, 4.69) is 27.1 Å². The minimum Gasteiger partial charge on any atom is -0.325 e. The maximum atomic E-state index is 5.56. The molecule has 1 aromatic rings.